The average Bonchev–Trinajstić information content (AvgIpc) is 2.58. The molecule has 0 amide bonds. The van der Waals surface area contributed by atoms with Crippen molar-refractivity contribution in [1.29, 1.82) is 0 Å². The summed E-state index contributed by atoms with van der Waals surface area (Å²) in [5.74, 6) is 1.30. The smallest absolute Gasteiger partial charge is 0.161 e. The van der Waals surface area contributed by atoms with Crippen molar-refractivity contribution >= 4 is 0 Å². The van der Waals surface area contributed by atoms with E-state index in [1.165, 1.54) is 13.8 Å². The summed E-state index contributed by atoms with van der Waals surface area (Å²) >= 11 is 0. The van der Waals surface area contributed by atoms with Gasteiger partial charge >= 0.3 is 0 Å². The minimum absolute atomic E-state index is 0.0978. The molecule has 0 radical (unpaired) electrons. The minimum atomic E-state index is -1.44. The van der Waals surface area contributed by atoms with Gasteiger partial charge in [-0.25, -0.2) is 4.39 Å². The van der Waals surface area contributed by atoms with Crippen molar-refractivity contribution in [1.82, 2.24) is 0 Å². The molecule has 0 atom stereocenters. The molecule has 3 nitrogen and oxygen atoms in total. The van der Waals surface area contributed by atoms with E-state index in [1.807, 2.05) is 6.07 Å². The highest BCUT2D eigenvalue weighted by Crippen LogP contribution is 2.38. The average molecular weight is 268 g/mol. The number of fused-ring (bicyclic) bond motifs is 1. The van der Waals surface area contributed by atoms with Crippen molar-refractivity contribution in [3.8, 4) is 11.5 Å². The first kappa shape index (κ1) is 14.1. The molecule has 0 unspecified atom stereocenters. The van der Waals surface area contributed by atoms with Crippen LogP contribution in [0.25, 0.3) is 0 Å². The topological polar surface area (TPSA) is 38.7 Å². The summed E-state index contributed by atoms with van der Waals surface area (Å²) in [7, 11) is 0. The lowest BCUT2D eigenvalue weighted by Gasteiger charge is -2.21. The molecule has 0 aliphatic carbocycles. The molecule has 1 aromatic rings. The number of aliphatic hydroxyl groups is 1. The zero-order valence-corrected chi connectivity index (χ0v) is 11.5. The molecule has 106 valence electrons. The Hall–Kier alpha value is -1.29. The molecule has 1 heterocycles. The van der Waals surface area contributed by atoms with Gasteiger partial charge in [-0.3, -0.25) is 0 Å². The summed E-state index contributed by atoms with van der Waals surface area (Å²) in [4.78, 5) is 0. The van der Waals surface area contributed by atoms with Gasteiger partial charge in [-0.2, -0.15) is 0 Å². The lowest BCUT2D eigenvalue weighted by molar-refractivity contribution is 0.217. The van der Waals surface area contributed by atoms with Crippen molar-refractivity contribution in [2.45, 2.75) is 38.8 Å². The molecule has 0 bridgehead atoms. The van der Waals surface area contributed by atoms with E-state index in [-0.39, 0.29) is 6.61 Å². The number of aryl methyl sites for hydroxylation is 1. The van der Waals surface area contributed by atoms with Gasteiger partial charge in [0.05, 0.1) is 13.2 Å². The van der Waals surface area contributed by atoms with Crippen LogP contribution in [0, 0.1) is 0 Å². The Morgan fingerprint density at radius 2 is 1.84 bits per heavy atom. The van der Waals surface area contributed by atoms with E-state index in [1.54, 1.807) is 6.07 Å². The molecule has 0 saturated carbocycles. The van der Waals surface area contributed by atoms with Crippen molar-refractivity contribution in [3.05, 3.63) is 23.3 Å². The number of ether oxygens (including phenoxy) is 2. The Morgan fingerprint density at radius 3 is 2.42 bits per heavy atom. The zero-order valence-electron chi connectivity index (χ0n) is 11.5. The molecule has 1 N–H and O–H groups in total. The molecule has 1 aromatic carbocycles. The highest BCUT2D eigenvalue weighted by Gasteiger charge is 2.25. The van der Waals surface area contributed by atoms with Crippen LogP contribution in [0.3, 0.4) is 0 Å². The first-order valence-corrected chi connectivity index (χ1v) is 6.75. The lowest BCUT2D eigenvalue weighted by atomic mass is 9.91. The number of hydrogen-bond acceptors (Lipinski definition) is 3. The van der Waals surface area contributed by atoms with Crippen LogP contribution < -0.4 is 9.47 Å². The molecule has 4 heteroatoms. The largest absolute Gasteiger partial charge is 0.490 e. The Morgan fingerprint density at radius 1 is 1.21 bits per heavy atom. The SMILES string of the molecule is CC(C)(F)c1cc2c(cc1CCCO)OCCCO2. The molecular weight excluding hydrogens is 247 g/mol. The zero-order chi connectivity index (χ0) is 13.9. The number of benzene rings is 1. The molecule has 1 aliphatic rings. The van der Waals surface area contributed by atoms with Gasteiger partial charge in [-0.05, 0) is 49.9 Å². The Balaban J connectivity index is 2.41. The predicted molar refractivity (Wildman–Crippen MR) is 71.6 cm³/mol. The van der Waals surface area contributed by atoms with Crippen LogP contribution in [-0.2, 0) is 12.1 Å². The summed E-state index contributed by atoms with van der Waals surface area (Å²) in [6.45, 7) is 4.38. The molecule has 0 fully saturated rings. The Kier molecular flexibility index (Phi) is 4.30. The van der Waals surface area contributed by atoms with Crippen molar-refractivity contribution in [3.63, 3.8) is 0 Å². The molecule has 1 aliphatic heterocycles. The van der Waals surface area contributed by atoms with E-state index in [9.17, 15) is 4.39 Å². The number of hydrogen-bond donors (Lipinski definition) is 1. The summed E-state index contributed by atoms with van der Waals surface area (Å²) in [6.07, 6.45) is 2.08. The molecule has 0 aromatic heterocycles. The Bertz CT molecular complexity index is 438. The Labute approximate surface area is 113 Å². The molecule has 0 saturated heterocycles. The van der Waals surface area contributed by atoms with Gasteiger partial charge in [0.15, 0.2) is 11.5 Å². The van der Waals surface area contributed by atoms with Gasteiger partial charge in [0.2, 0.25) is 0 Å². The predicted octanol–water partition coefficient (Wildman–Crippen LogP) is 2.98. The maximum atomic E-state index is 14.3. The highest BCUT2D eigenvalue weighted by molar-refractivity contribution is 5.49. The fourth-order valence-corrected chi connectivity index (χ4v) is 2.28. The summed E-state index contributed by atoms with van der Waals surface area (Å²) in [6, 6.07) is 3.60. The van der Waals surface area contributed by atoms with Crippen LogP contribution in [0.2, 0.25) is 0 Å². The maximum absolute atomic E-state index is 14.3. The number of halogens is 1. The number of aliphatic hydroxyl groups excluding tert-OH is 1. The van der Waals surface area contributed by atoms with Crippen LogP contribution in [-0.4, -0.2) is 24.9 Å². The third kappa shape index (κ3) is 3.38. The van der Waals surface area contributed by atoms with Gasteiger partial charge in [0.25, 0.3) is 0 Å². The van der Waals surface area contributed by atoms with Crippen LogP contribution >= 0.6 is 0 Å². The van der Waals surface area contributed by atoms with Gasteiger partial charge in [-0.1, -0.05) is 0 Å². The first-order chi connectivity index (χ1) is 9.02. The molecule has 19 heavy (non-hydrogen) atoms. The van der Waals surface area contributed by atoms with E-state index >= 15 is 0 Å². The normalized spacial score (nSPS) is 15.2. The quantitative estimate of drug-likeness (QED) is 0.912. The first-order valence-electron chi connectivity index (χ1n) is 6.75. The van der Waals surface area contributed by atoms with E-state index in [0.29, 0.717) is 43.1 Å². The summed E-state index contributed by atoms with van der Waals surface area (Å²) in [5, 5.41) is 8.96. The third-order valence-electron chi connectivity index (χ3n) is 3.22. The molecule has 2 rings (SSSR count). The van der Waals surface area contributed by atoms with E-state index in [2.05, 4.69) is 0 Å². The van der Waals surface area contributed by atoms with E-state index in [4.69, 9.17) is 14.6 Å². The molecule has 0 spiro atoms. The van der Waals surface area contributed by atoms with Crippen LogP contribution in [0.4, 0.5) is 4.39 Å². The highest BCUT2D eigenvalue weighted by atomic mass is 19.1. The second-order valence-corrected chi connectivity index (χ2v) is 5.31. The van der Waals surface area contributed by atoms with E-state index < -0.39 is 5.67 Å². The second-order valence-electron chi connectivity index (χ2n) is 5.31. The molecular formula is C15H21FO3. The fourth-order valence-electron chi connectivity index (χ4n) is 2.28. The standard InChI is InChI=1S/C15H21FO3/c1-15(2,16)12-10-14-13(18-7-4-8-19-14)9-11(12)5-3-6-17/h9-10,17H,3-8H2,1-2H3. The fraction of sp³-hybridized carbons (Fsp3) is 0.600. The summed E-state index contributed by atoms with van der Waals surface area (Å²) in [5.41, 5.74) is 0.0613. The monoisotopic (exact) mass is 268 g/mol. The van der Waals surface area contributed by atoms with Crippen molar-refractivity contribution in [2.24, 2.45) is 0 Å². The number of rotatable bonds is 4. The van der Waals surface area contributed by atoms with Gasteiger partial charge < -0.3 is 14.6 Å². The second kappa shape index (κ2) is 5.78. The van der Waals surface area contributed by atoms with Gasteiger partial charge in [0, 0.05) is 13.0 Å². The van der Waals surface area contributed by atoms with E-state index in [0.717, 1.165) is 12.0 Å². The van der Waals surface area contributed by atoms with Crippen molar-refractivity contribution < 1.29 is 19.0 Å². The third-order valence-corrected chi connectivity index (χ3v) is 3.22. The van der Waals surface area contributed by atoms with Gasteiger partial charge in [-0.15, -0.1) is 0 Å². The maximum Gasteiger partial charge on any atom is 0.161 e. The minimum Gasteiger partial charge on any atom is -0.490 e. The van der Waals surface area contributed by atoms with Crippen LogP contribution in [0.15, 0.2) is 12.1 Å². The van der Waals surface area contributed by atoms with Crippen LogP contribution in [0.5, 0.6) is 11.5 Å². The summed E-state index contributed by atoms with van der Waals surface area (Å²) < 4.78 is 25.6. The van der Waals surface area contributed by atoms with Crippen molar-refractivity contribution in [2.75, 3.05) is 19.8 Å². The van der Waals surface area contributed by atoms with Gasteiger partial charge in [0.1, 0.15) is 5.67 Å². The number of alkyl halides is 1. The lowest BCUT2D eigenvalue weighted by Crippen LogP contribution is -2.13. The van der Waals surface area contributed by atoms with Crippen LogP contribution in [0.1, 0.15) is 37.8 Å².